The van der Waals surface area contributed by atoms with Crippen molar-refractivity contribution in [2.24, 2.45) is 0 Å². The van der Waals surface area contributed by atoms with Crippen molar-refractivity contribution in [1.29, 1.82) is 5.26 Å². The van der Waals surface area contributed by atoms with Gasteiger partial charge in [-0.05, 0) is 43.7 Å². The summed E-state index contributed by atoms with van der Waals surface area (Å²) in [6.07, 6.45) is 0. The number of phenolic OH excluding ortho intramolecular Hbond substituents is 1. The summed E-state index contributed by atoms with van der Waals surface area (Å²) in [5, 5.41) is 22.6. The first-order chi connectivity index (χ1) is 9.51. The normalized spacial score (nSPS) is 11.7. The lowest BCUT2D eigenvalue weighted by Gasteiger charge is -2.17. The van der Waals surface area contributed by atoms with Crippen molar-refractivity contribution in [3.05, 3.63) is 58.1 Å². The molecular formula is C16H15ClN2O. The maximum Gasteiger partial charge on any atom is 0.121 e. The van der Waals surface area contributed by atoms with Gasteiger partial charge >= 0.3 is 0 Å². The summed E-state index contributed by atoms with van der Waals surface area (Å²) in [6, 6.07) is 12.7. The lowest BCUT2D eigenvalue weighted by atomic mass is 10.0. The fraction of sp³-hybridized carbons (Fsp3) is 0.188. The van der Waals surface area contributed by atoms with Crippen molar-refractivity contribution in [1.82, 2.24) is 0 Å². The van der Waals surface area contributed by atoms with Gasteiger partial charge in [-0.2, -0.15) is 5.26 Å². The monoisotopic (exact) mass is 286 g/mol. The summed E-state index contributed by atoms with van der Waals surface area (Å²) >= 11 is 5.90. The van der Waals surface area contributed by atoms with Crippen LogP contribution < -0.4 is 5.32 Å². The number of aryl methyl sites for hydroxylation is 1. The highest BCUT2D eigenvalue weighted by Crippen LogP contribution is 2.29. The number of hydrogen-bond acceptors (Lipinski definition) is 3. The van der Waals surface area contributed by atoms with Gasteiger partial charge in [0.15, 0.2) is 0 Å². The number of halogens is 1. The largest absolute Gasteiger partial charge is 0.508 e. The number of nitrogens with zero attached hydrogens (tertiary/aromatic N) is 1. The van der Waals surface area contributed by atoms with Crippen molar-refractivity contribution in [3.8, 4) is 11.8 Å². The van der Waals surface area contributed by atoms with Gasteiger partial charge in [-0.3, -0.25) is 0 Å². The minimum absolute atomic E-state index is 0.0803. The van der Waals surface area contributed by atoms with Crippen molar-refractivity contribution in [2.75, 3.05) is 5.32 Å². The van der Waals surface area contributed by atoms with E-state index in [1.54, 1.807) is 18.2 Å². The summed E-state index contributed by atoms with van der Waals surface area (Å²) in [5.41, 5.74) is 3.04. The predicted molar refractivity (Wildman–Crippen MR) is 81.0 cm³/mol. The molecule has 0 heterocycles. The highest BCUT2D eigenvalue weighted by molar-refractivity contribution is 6.31. The molecule has 20 heavy (non-hydrogen) atoms. The van der Waals surface area contributed by atoms with E-state index >= 15 is 0 Å². The Morgan fingerprint density at radius 3 is 2.65 bits per heavy atom. The minimum Gasteiger partial charge on any atom is -0.508 e. The van der Waals surface area contributed by atoms with Crippen LogP contribution in [0.25, 0.3) is 0 Å². The molecule has 102 valence electrons. The van der Waals surface area contributed by atoms with E-state index in [9.17, 15) is 5.11 Å². The first-order valence-corrected chi connectivity index (χ1v) is 6.64. The molecule has 0 aliphatic rings. The Kier molecular flexibility index (Phi) is 4.16. The van der Waals surface area contributed by atoms with Crippen molar-refractivity contribution >= 4 is 17.3 Å². The summed E-state index contributed by atoms with van der Waals surface area (Å²) in [5.74, 6) is 0.263. The number of rotatable bonds is 3. The molecule has 0 bridgehead atoms. The summed E-state index contributed by atoms with van der Waals surface area (Å²) < 4.78 is 0. The standard InChI is InChI=1S/C16H15ClN2O/c1-10-3-5-14(16(20)7-10)11(2)19-13-4-6-15(17)12(8-13)9-18/h3-8,11,19-20H,1-2H3. The van der Waals surface area contributed by atoms with Gasteiger partial charge in [0.2, 0.25) is 0 Å². The lowest BCUT2D eigenvalue weighted by Crippen LogP contribution is -2.07. The number of aromatic hydroxyl groups is 1. The third-order valence-corrected chi connectivity index (χ3v) is 3.45. The Hall–Kier alpha value is -2.18. The van der Waals surface area contributed by atoms with Gasteiger partial charge in [0, 0.05) is 11.3 Å². The van der Waals surface area contributed by atoms with Crippen LogP contribution in [0, 0.1) is 18.3 Å². The average molecular weight is 287 g/mol. The molecule has 0 aliphatic heterocycles. The molecule has 0 saturated carbocycles. The van der Waals surface area contributed by atoms with E-state index in [4.69, 9.17) is 16.9 Å². The average Bonchev–Trinajstić information content (AvgIpc) is 2.40. The van der Waals surface area contributed by atoms with Crippen LogP contribution in [0.1, 0.15) is 29.7 Å². The molecule has 0 spiro atoms. The molecule has 3 nitrogen and oxygen atoms in total. The maximum atomic E-state index is 9.97. The second kappa shape index (κ2) is 5.85. The number of hydrogen-bond donors (Lipinski definition) is 2. The van der Waals surface area contributed by atoms with Crippen molar-refractivity contribution in [2.45, 2.75) is 19.9 Å². The van der Waals surface area contributed by atoms with Crippen LogP contribution in [-0.2, 0) is 0 Å². The Morgan fingerprint density at radius 1 is 1.25 bits per heavy atom. The highest BCUT2D eigenvalue weighted by Gasteiger charge is 2.11. The van der Waals surface area contributed by atoms with E-state index in [0.717, 1.165) is 16.8 Å². The zero-order valence-electron chi connectivity index (χ0n) is 11.3. The van der Waals surface area contributed by atoms with Gasteiger partial charge in [0.25, 0.3) is 0 Å². The predicted octanol–water partition coefficient (Wildman–Crippen LogP) is 4.40. The molecule has 2 rings (SSSR count). The van der Waals surface area contributed by atoms with Crippen LogP contribution in [0.5, 0.6) is 5.75 Å². The van der Waals surface area contributed by atoms with Gasteiger partial charge in [-0.25, -0.2) is 0 Å². The van der Waals surface area contributed by atoms with Crippen LogP contribution in [0.2, 0.25) is 5.02 Å². The van der Waals surface area contributed by atoms with Gasteiger partial charge in [0.1, 0.15) is 11.8 Å². The Morgan fingerprint density at radius 2 is 2.00 bits per heavy atom. The van der Waals surface area contributed by atoms with Gasteiger partial charge in [-0.15, -0.1) is 0 Å². The van der Waals surface area contributed by atoms with Crippen LogP contribution in [0.3, 0.4) is 0 Å². The fourth-order valence-corrected chi connectivity index (χ4v) is 2.21. The number of benzene rings is 2. The van der Waals surface area contributed by atoms with Crippen LogP contribution in [-0.4, -0.2) is 5.11 Å². The second-order valence-corrected chi connectivity index (χ2v) is 5.14. The molecule has 0 radical (unpaired) electrons. The molecule has 2 aromatic rings. The zero-order valence-corrected chi connectivity index (χ0v) is 12.1. The molecule has 0 aromatic heterocycles. The summed E-state index contributed by atoms with van der Waals surface area (Å²) in [6.45, 7) is 3.88. The second-order valence-electron chi connectivity index (χ2n) is 4.73. The first kappa shape index (κ1) is 14.2. The van der Waals surface area contributed by atoms with Crippen LogP contribution in [0.15, 0.2) is 36.4 Å². The van der Waals surface area contributed by atoms with Crippen LogP contribution in [0.4, 0.5) is 5.69 Å². The SMILES string of the molecule is Cc1ccc(C(C)Nc2ccc(Cl)c(C#N)c2)c(O)c1. The quantitative estimate of drug-likeness (QED) is 0.879. The number of nitrogens with one attached hydrogen (secondary N) is 1. The first-order valence-electron chi connectivity index (χ1n) is 6.27. The molecule has 0 fully saturated rings. The highest BCUT2D eigenvalue weighted by atomic mass is 35.5. The number of nitriles is 1. The third kappa shape index (κ3) is 3.04. The molecular weight excluding hydrogens is 272 g/mol. The van der Waals surface area contributed by atoms with E-state index in [-0.39, 0.29) is 11.8 Å². The number of phenols is 1. The van der Waals surface area contributed by atoms with E-state index < -0.39 is 0 Å². The molecule has 2 aromatic carbocycles. The molecule has 1 unspecified atom stereocenters. The summed E-state index contributed by atoms with van der Waals surface area (Å²) in [7, 11) is 0. The van der Waals surface area contributed by atoms with E-state index in [2.05, 4.69) is 5.32 Å². The maximum absolute atomic E-state index is 9.97. The van der Waals surface area contributed by atoms with Gasteiger partial charge in [-0.1, -0.05) is 23.7 Å². The van der Waals surface area contributed by atoms with Gasteiger partial charge in [0.05, 0.1) is 16.6 Å². The minimum atomic E-state index is -0.0803. The molecule has 2 N–H and O–H groups in total. The smallest absolute Gasteiger partial charge is 0.121 e. The molecule has 0 saturated heterocycles. The molecule has 4 heteroatoms. The lowest BCUT2D eigenvalue weighted by molar-refractivity contribution is 0.465. The number of anilines is 1. The zero-order chi connectivity index (χ0) is 14.7. The van der Waals surface area contributed by atoms with E-state index in [1.165, 1.54) is 0 Å². The van der Waals surface area contributed by atoms with Crippen molar-refractivity contribution in [3.63, 3.8) is 0 Å². The Balaban J connectivity index is 2.23. The van der Waals surface area contributed by atoms with E-state index in [1.807, 2.05) is 38.1 Å². The Labute approximate surface area is 123 Å². The fourth-order valence-electron chi connectivity index (χ4n) is 2.05. The van der Waals surface area contributed by atoms with E-state index in [0.29, 0.717) is 10.6 Å². The van der Waals surface area contributed by atoms with Crippen molar-refractivity contribution < 1.29 is 5.11 Å². The molecule has 0 aliphatic carbocycles. The molecule has 0 amide bonds. The van der Waals surface area contributed by atoms with Crippen LogP contribution >= 0.6 is 11.6 Å². The summed E-state index contributed by atoms with van der Waals surface area (Å²) in [4.78, 5) is 0. The Bertz CT molecular complexity index is 677. The topological polar surface area (TPSA) is 56.0 Å². The van der Waals surface area contributed by atoms with Gasteiger partial charge < -0.3 is 10.4 Å². The molecule has 1 atom stereocenters. The third-order valence-electron chi connectivity index (χ3n) is 3.12.